The van der Waals surface area contributed by atoms with Crippen molar-refractivity contribution in [3.05, 3.63) is 23.8 Å². The lowest BCUT2D eigenvalue weighted by molar-refractivity contribution is -0.137. The number of alkyl halides is 3. The van der Waals surface area contributed by atoms with Crippen LogP contribution in [0.25, 0.3) is 0 Å². The van der Waals surface area contributed by atoms with Crippen LogP contribution in [0.3, 0.4) is 0 Å². The van der Waals surface area contributed by atoms with E-state index in [1.165, 1.54) is 6.07 Å². The maximum Gasteiger partial charge on any atom is 0.416 e. The quantitative estimate of drug-likeness (QED) is 0.740. The van der Waals surface area contributed by atoms with Gasteiger partial charge in [0.15, 0.2) is 0 Å². The Labute approximate surface area is 91.4 Å². The van der Waals surface area contributed by atoms with Crippen molar-refractivity contribution in [2.75, 3.05) is 18.5 Å². The lowest BCUT2D eigenvalue weighted by Crippen LogP contribution is -2.13. The number of hydrogen-bond acceptors (Lipinski definition) is 2. The van der Waals surface area contributed by atoms with Crippen LogP contribution in [0.4, 0.5) is 18.9 Å². The Morgan fingerprint density at radius 1 is 1.38 bits per heavy atom. The lowest BCUT2D eigenvalue weighted by Gasteiger charge is -2.11. The Morgan fingerprint density at radius 3 is 2.81 bits per heavy atom. The van der Waals surface area contributed by atoms with Gasteiger partial charge in [-0.3, -0.25) is 0 Å². The summed E-state index contributed by atoms with van der Waals surface area (Å²) in [6.45, 7) is 3.11. The summed E-state index contributed by atoms with van der Waals surface area (Å²) in [5.41, 5.74) is -0.240. The highest BCUT2D eigenvalue weighted by Gasteiger charge is 2.31. The van der Waals surface area contributed by atoms with Crippen molar-refractivity contribution in [3.63, 3.8) is 0 Å². The third kappa shape index (κ3) is 2.23. The average Bonchev–Trinajstić information content (AvgIpc) is 2.39. The molecule has 5 heteroatoms. The molecule has 1 N–H and O–H groups in total. The summed E-state index contributed by atoms with van der Waals surface area (Å²) in [6, 6.07) is 3.49. The Balaban J connectivity index is 2.32. The van der Waals surface area contributed by atoms with E-state index < -0.39 is 11.7 Å². The predicted octanol–water partition coefficient (Wildman–Crippen LogP) is 3.15. The number of rotatable bonds is 0. The van der Waals surface area contributed by atoms with Gasteiger partial charge in [0.1, 0.15) is 5.75 Å². The minimum Gasteiger partial charge on any atom is -0.491 e. The molecule has 1 aliphatic heterocycles. The SMILES string of the molecule is CC1CNc2cc(C(F)(F)F)ccc2OC1. The topological polar surface area (TPSA) is 21.3 Å². The van der Waals surface area contributed by atoms with Crippen molar-refractivity contribution in [3.8, 4) is 5.75 Å². The Kier molecular flexibility index (Phi) is 2.69. The van der Waals surface area contributed by atoms with Gasteiger partial charge in [0.05, 0.1) is 17.9 Å². The van der Waals surface area contributed by atoms with Crippen molar-refractivity contribution < 1.29 is 17.9 Å². The van der Waals surface area contributed by atoms with E-state index in [4.69, 9.17) is 4.74 Å². The average molecular weight is 231 g/mol. The first-order valence-corrected chi connectivity index (χ1v) is 5.05. The zero-order chi connectivity index (χ0) is 11.8. The summed E-state index contributed by atoms with van der Waals surface area (Å²) in [5.74, 6) is 0.763. The van der Waals surface area contributed by atoms with E-state index in [-0.39, 0.29) is 5.92 Å². The zero-order valence-corrected chi connectivity index (χ0v) is 8.77. The van der Waals surface area contributed by atoms with Crippen LogP contribution in [0.5, 0.6) is 5.75 Å². The van der Waals surface area contributed by atoms with Crippen LogP contribution in [-0.2, 0) is 6.18 Å². The smallest absolute Gasteiger partial charge is 0.416 e. The molecule has 0 fully saturated rings. The van der Waals surface area contributed by atoms with Crippen molar-refractivity contribution in [1.82, 2.24) is 0 Å². The lowest BCUT2D eigenvalue weighted by atomic mass is 10.1. The van der Waals surface area contributed by atoms with Gasteiger partial charge in [0.2, 0.25) is 0 Å². The van der Waals surface area contributed by atoms with Crippen LogP contribution in [0.15, 0.2) is 18.2 Å². The van der Waals surface area contributed by atoms with E-state index in [0.717, 1.165) is 12.1 Å². The fraction of sp³-hybridized carbons (Fsp3) is 0.455. The van der Waals surface area contributed by atoms with Crippen LogP contribution >= 0.6 is 0 Å². The van der Waals surface area contributed by atoms with Crippen LogP contribution < -0.4 is 10.1 Å². The van der Waals surface area contributed by atoms with Crippen LogP contribution in [0.1, 0.15) is 12.5 Å². The third-order valence-electron chi connectivity index (χ3n) is 2.47. The van der Waals surface area contributed by atoms with Gasteiger partial charge in [-0.05, 0) is 18.2 Å². The van der Waals surface area contributed by atoms with Gasteiger partial charge in [-0.15, -0.1) is 0 Å². The molecule has 1 heterocycles. The molecule has 0 amide bonds. The molecule has 1 aliphatic rings. The number of benzene rings is 1. The second-order valence-corrected chi connectivity index (χ2v) is 4.01. The maximum absolute atomic E-state index is 12.5. The molecule has 2 rings (SSSR count). The van der Waals surface area contributed by atoms with E-state index in [1.807, 2.05) is 6.92 Å². The number of halogens is 3. The molecule has 0 spiro atoms. The molecule has 2 nitrogen and oxygen atoms in total. The largest absolute Gasteiger partial charge is 0.491 e. The Bertz CT molecular complexity index is 389. The summed E-state index contributed by atoms with van der Waals surface area (Å²) in [5, 5.41) is 2.96. The van der Waals surface area contributed by atoms with Gasteiger partial charge in [0, 0.05) is 12.5 Å². The van der Waals surface area contributed by atoms with Crippen molar-refractivity contribution in [1.29, 1.82) is 0 Å². The van der Waals surface area contributed by atoms with Gasteiger partial charge in [-0.25, -0.2) is 0 Å². The van der Waals surface area contributed by atoms with Gasteiger partial charge >= 0.3 is 6.18 Å². The zero-order valence-electron chi connectivity index (χ0n) is 8.77. The summed E-state index contributed by atoms with van der Waals surface area (Å²) in [4.78, 5) is 0. The Morgan fingerprint density at radius 2 is 2.12 bits per heavy atom. The summed E-state index contributed by atoms with van der Waals surface area (Å²) in [6.07, 6.45) is -4.31. The second-order valence-electron chi connectivity index (χ2n) is 4.01. The Hall–Kier alpha value is -1.39. The molecular formula is C11H12F3NO. The fourth-order valence-corrected chi connectivity index (χ4v) is 1.55. The predicted molar refractivity (Wildman–Crippen MR) is 54.6 cm³/mol. The molecule has 88 valence electrons. The third-order valence-corrected chi connectivity index (χ3v) is 2.47. The molecule has 0 aromatic heterocycles. The molecule has 1 aromatic carbocycles. The van der Waals surface area contributed by atoms with Gasteiger partial charge in [-0.2, -0.15) is 13.2 Å². The molecule has 1 aromatic rings. The van der Waals surface area contributed by atoms with Gasteiger partial charge < -0.3 is 10.1 Å². The van der Waals surface area contributed by atoms with Crippen molar-refractivity contribution in [2.24, 2.45) is 5.92 Å². The first-order chi connectivity index (χ1) is 7.47. The number of fused-ring (bicyclic) bond motifs is 1. The second kappa shape index (κ2) is 3.88. The molecule has 1 atom stereocenters. The van der Waals surface area contributed by atoms with Crippen molar-refractivity contribution >= 4 is 5.69 Å². The summed E-state index contributed by atoms with van der Waals surface area (Å²) >= 11 is 0. The molecule has 0 saturated heterocycles. The van der Waals surface area contributed by atoms with Gasteiger partial charge in [0.25, 0.3) is 0 Å². The van der Waals surface area contributed by atoms with E-state index in [9.17, 15) is 13.2 Å². The molecule has 0 saturated carbocycles. The molecule has 0 aliphatic carbocycles. The fourth-order valence-electron chi connectivity index (χ4n) is 1.55. The normalized spacial score (nSPS) is 20.4. The number of hydrogen-bond donors (Lipinski definition) is 1. The monoisotopic (exact) mass is 231 g/mol. The highest BCUT2D eigenvalue weighted by Crippen LogP contribution is 2.35. The summed E-state index contributed by atoms with van der Waals surface area (Å²) < 4.78 is 42.8. The van der Waals surface area contributed by atoms with Crippen molar-refractivity contribution in [2.45, 2.75) is 13.1 Å². The number of nitrogens with one attached hydrogen (secondary N) is 1. The highest BCUT2D eigenvalue weighted by atomic mass is 19.4. The van der Waals surface area contributed by atoms with E-state index in [2.05, 4.69) is 5.32 Å². The minimum atomic E-state index is -4.31. The molecule has 16 heavy (non-hydrogen) atoms. The number of anilines is 1. The summed E-state index contributed by atoms with van der Waals surface area (Å²) in [7, 11) is 0. The van der Waals surface area contributed by atoms with E-state index in [1.54, 1.807) is 0 Å². The molecule has 1 unspecified atom stereocenters. The molecular weight excluding hydrogens is 219 g/mol. The standard InChI is InChI=1S/C11H12F3NO/c1-7-5-15-9-4-8(11(12,13)14)2-3-10(9)16-6-7/h2-4,7,15H,5-6H2,1H3. The number of ether oxygens (including phenoxy) is 1. The molecule has 0 radical (unpaired) electrons. The van der Waals surface area contributed by atoms with Crippen LogP contribution in [0.2, 0.25) is 0 Å². The van der Waals surface area contributed by atoms with Gasteiger partial charge in [-0.1, -0.05) is 6.92 Å². The van der Waals surface area contributed by atoms with E-state index in [0.29, 0.717) is 24.6 Å². The first-order valence-electron chi connectivity index (χ1n) is 5.05. The maximum atomic E-state index is 12.5. The van der Waals surface area contributed by atoms with Crippen LogP contribution in [-0.4, -0.2) is 13.2 Å². The minimum absolute atomic E-state index is 0.279. The first kappa shape index (κ1) is 11.1. The van der Waals surface area contributed by atoms with E-state index >= 15 is 0 Å². The van der Waals surface area contributed by atoms with Crippen LogP contribution in [0, 0.1) is 5.92 Å². The highest BCUT2D eigenvalue weighted by molar-refractivity contribution is 5.59. The molecule has 0 bridgehead atoms.